The van der Waals surface area contributed by atoms with Gasteiger partial charge in [0.15, 0.2) is 0 Å². The SMILES string of the molecule is Cc1nn(C)c(C)c1C(=O)OCCN1CCSCC1. The third-order valence-corrected chi connectivity index (χ3v) is 4.40. The first-order valence-corrected chi connectivity index (χ1v) is 7.72. The number of nitrogens with zero attached hydrogens (tertiary/aromatic N) is 3. The van der Waals surface area contributed by atoms with Crippen molar-refractivity contribution in [3.8, 4) is 0 Å². The molecule has 1 aliphatic rings. The summed E-state index contributed by atoms with van der Waals surface area (Å²) in [6.45, 7) is 7.19. The van der Waals surface area contributed by atoms with E-state index in [1.807, 2.05) is 32.7 Å². The zero-order valence-corrected chi connectivity index (χ0v) is 12.6. The molecule has 1 aromatic rings. The van der Waals surface area contributed by atoms with Crippen LogP contribution in [-0.4, -0.2) is 58.4 Å². The highest BCUT2D eigenvalue weighted by Gasteiger charge is 2.19. The Morgan fingerprint density at radius 1 is 1.37 bits per heavy atom. The van der Waals surface area contributed by atoms with E-state index in [0.717, 1.165) is 31.0 Å². The van der Waals surface area contributed by atoms with E-state index in [9.17, 15) is 4.79 Å². The molecule has 1 saturated heterocycles. The fourth-order valence-electron chi connectivity index (χ4n) is 2.23. The second-order valence-electron chi connectivity index (χ2n) is 4.76. The van der Waals surface area contributed by atoms with E-state index in [0.29, 0.717) is 12.2 Å². The molecule has 2 heterocycles. The highest BCUT2D eigenvalue weighted by atomic mass is 32.2. The molecule has 5 nitrogen and oxygen atoms in total. The Labute approximate surface area is 118 Å². The normalized spacial score (nSPS) is 16.6. The van der Waals surface area contributed by atoms with Gasteiger partial charge in [0.1, 0.15) is 12.2 Å². The van der Waals surface area contributed by atoms with Gasteiger partial charge in [-0.2, -0.15) is 16.9 Å². The lowest BCUT2D eigenvalue weighted by molar-refractivity contribution is 0.0464. The van der Waals surface area contributed by atoms with Crippen LogP contribution in [0.2, 0.25) is 0 Å². The fraction of sp³-hybridized carbons (Fsp3) is 0.692. The molecule has 106 valence electrons. The quantitative estimate of drug-likeness (QED) is 0.778. The van der Waals surface area contributed by atoms with E-state index in [1.165, 1.54) is 11.5 Å². The molecule has 2 rings (SSSR count). The minimum absolute atomic E-state index is 0.255. The van der Waals surface area contributed by atoms with Gasteiger partial charge in [-0.3, -0.25) is 9.58 Å². The Balaban J connectivity index is 1.84. The molecule has 0 aromatic carbocycles. The number of carbonyl (C=O) groups excluding carboxylic acids is 1. The lowest BCUT2D eigenvalue weighted by Gasteiger charge is -2.25. The first-order chi connectivity index (χ1) is 9.09. The standard InChI is InChI=1S/C13H21N3O2S/c1-10-12(11(2)15(3)14-10)13(17)18-7-4-16-5-8-19-9-6-16/h4-9H2,1-3H3. The molecule has 0 amide bonds. The highest BCUT2D eigenvalue weighted by Crippen LogP contribution is 2.13. The average molecular weight is 283 g/mol. The van der Waals surface area contributed by atoms with E-state index >= 15 is 0 Å². The van der Waals surface area contributed by atoms with Crippen molar-refractivity contribution < 1.29 is 9.53 Å². The lowest BCUT2D eigenvalue weighted by atomic mass is 10.2. The molecule has 0 radical (unpaired) electrons. The summed E-state index contributed by atoms with van der Waals surface area (Å²) in [5.41, 5.74) is 2.20. The summed E-state index contributed by atoms with van der Waals surface area (Å²) in [5.74, 6) is 2.10. The van der Waals surface area contributed by atoms with Crippen LogP contribution in [0.25, 0.3) is 0 Å². The summed E-state index contributed by atoms with van der Waals surface area (Å²) in [6, 6.07) is 0. The van der Waals surface area contributed by atoms with E-state index < -0.39 is 0 Å². The number of ether oxygens (including phenoxy) is 1. The molecule has 0 spiro atoms. The zero-order chi connectivity index (χ0) is 13.8. The number of esters is 1. The van der Waals surface area contributed by atoms with Gasteiger partial charge in [-0.1, -0.05) is 0 Å². The van der Waals surface area contributed by atoms with Crippen LogP contribution >= 0.6 is 11.8 Å². The number of carbonyl (C=O) groups is 1. The molecular weight excluding hydrogens is 262 g/mol. The number of thioether (sulfide) groups is 1. The minimum Gasteiger partial charge on any atom is -0.461 e. The summed E-state index contributed by atoms with van der Waals surface area (Å²) in [6.07, 6.45) is 0. The Morgan fingerprint density at radius 2 is 2.05 bits per heavy atom. The summed E-state index contributed by atoms with van der Waals surface area (Å²) < 4.78 is 7.08. The topological polar surface area (TPSA) is 47.4 Å². The monoisotopic (exact) mass is 283 g/mol. The van der Waals surface area contributed by atoms with Crippen LogP contribution in [0.5, 0.6) is 0 Å². The summed E-state index contributed by atoms with van der Waals surface area (Å²) >= 11 is 1.98. The Kier molecular flexibility index (Phi) is 4.87. The third-order valence-electron chi connectivity index (χ3n) is 3.46. The first kappa shape index (κ1) is 14.4. The van der Waals surface area contributed by atoms with Gasteiger partial charge in [-0.25, -0.2) is 4.79 Å². The van der Waals surface area contributed by atoms with E-state index in [-0.39, 0.29) is 5.97 Å². The van der Waals surface area contributed by atoms with E-state index in [2.05, 4.69) is 10.00 Å². The molecule has 0 atom stereocenters. The second-order valence-corrected chi connectivity index (χ2v) is 5.98. The van der Waals surface area contributed by atoms with Crippen LogP contribution in [0.1, 0.15) is 21.7 Å². The van der Waals surface area contributed by atoms with Crippen molar-refractivity contribution in [1.29, 1.82) is 0 Å². The van der Waals surface area contributed by atoms with Gasteiger partial charge in [0.05, 0.1) is 5.69 Å². The smallest absolute Gasteiger partial charge is 0.341 e. The Hall–Kier alpha value is -1.01. The summed E-state index contributed by atoms with van der Waals surface area (Å²) in [4.78, 5) is 14.4. The van der Waals surface area contributed by atoms with Gasteiger partial charge in [0, 0.05) is 43.9 Å². The maximum Gasteiger partial charge on any atom is 0.341 e. The van der Waals surface area contributed by atoms with Gasteiger partial charge < -0.3 is 4.74 Å². The number of hydrogen-bond acceptors (Lipinski definition) is 5. The van der Waals surface area contributed by atoms with Crippen LogP contribution in [0, 0.1) is 13.8 Å². The fourth-order valence-corrected chi connectivity index (χ4v) is 3.21. The molecular formula is C13H21N3O2S. The van der Waals surface area contributed by atoms with Crippen LogP contribution < -0.4 is 0 Å². The van der Waals surface area contributed by atoms with Crippen LogP contribution in [0.3, 0.4) is 0 Å². The van der Waals surface area contributed by atoms with Crippen molar-refractivity contribution in [3.63, 3.8) is 0 Å². The predicted octanol–water partition coefficient (Wildman–Crippen LogP) is 1.24. The zero-order valence-electron chi connectivity index (χ0n) is 11.8. The Morgan fingerprint density at radius 3 is 2.63 bits per heavy atom. The van der Waals surface area contributed by atoms with Gasteiger partial charge in [-0.05, 0) is 13.8 Å². The maximum atomic E-state index is 12.0. The molecule has 0 N–H and O–H groups in total. The highest BCUT2D eigenvalue weighted by molar-refractivity contribution is 7.99. The van der Waals surface area contributed by atoms with Crippen LogP contribution in [0.15, 0.2) is 0 Å². The van der Waals surface area contributed by atoms with Crippen LogP contribution in [-0.2, 0) is 11.8 Å². The van der Waals surface area contributed by atoms with Crippen LogP contribution in [0.4, 0.5) is 0 Å². The summed E-state index contributed by atoms with van der Waals surface area (Å²) in [5, 5.41) is 4.23. The molecule has 1 aromatic heterocycles. The van der Waals surface area contributed by atoms with Gasteiger partial charge in [0.25, 0.3) is 0 Å². The molecule has 6 heteroatoms. The number of aromatic nitrogens is 2. The number of hydrogen-bond donors (Lipinski definition) is 0. The second kappa shape index (κ2) is 6.43. The predicted molar refractivity (Wildman–Crippen MR) is 76.7 cm³/mol. The maximum absolute atomic E-state index is 12.0. The third kappa shape index (κ3) is 3.51. The van der Waals surface area contributed by atoms with E-state index in [1.54, 1.807) is 4.68 Å². The minimum atomic E-state index is -0.255. The van der Waals surface area contributed by atoms with Crippen molar-refractivity contribution >= 4 is 17.7 Å². The average Bonchev–Trinajstić information content (AvgIpc) is 2.64. The molecule has 1 fully saturated rings. The van der Waals surface area contributed by atoms with Crippen molar-refractivity contribution in [2.24, 2.45) is 7.05 Å². The van der Waals surface area contributed by atoms with Gasteiger partial charge in [0.2, 0.25) is 0 Å². The molecule has 0 bridgehead atoms. The number of rotatable bonds is 4. The summed E-state index contributed by atoms with van der Waals surface area (Å²) in [7, 11) is 1.84. The molecule has 0 unspecified atom stereocenters. The lowest BCUT2D eigenvalue weighted by Crippen LogP contribution is -2.35. The van der Waals surface area contributed by atoms with Crippen molar-refractivity contribution in [2.75, 3.05) is 37.7 Å². The molecule has 19 heavy (non-hydrogen) atoms. The molecule has 0 saturated carbocycles. The van der Waals surface area contributed by atoms with Crippen molar-refractivity contribution in [1.82, 2.24) is 14.7 Å². The van der Waals surface area contributed by atoms with Crippen molar-refractivity contribution in [3.05, 3.63) is 17.0 Å². The largest absolute Gasteiger partial charge is 0.461 e. The van der Waals surface area contributed by atoms with Crippen molar-refractivity contribution in [2.45, 2.75) is 13.8 Å². The number of aryl methyl sites for hydroxylation is 2. The van der Waals surface area contributed by atoms with Gasteiger partial charge in [-0.15, -0.1) is 0 Å². The molecule has 1 aliphatic heterocycles. The van der Waals surface area contributed by atoms with E-state index in [4.69, 9.17) is 4.74 Å². The Bertz CT molecular complexity index is 453. The van der Waals surface area contributed by atoms with Gasteiger partial charge >= 0.3 is 5.97 Å². The molecule has 0 aliphatic carbocycles. The first-order valence-electron chi connectivity index (χ1n) is 6.57.